The third-order valence-electron chi connectivity index (χ3n) is 6.50. The zero-order valence-corrected chi connectivity index (χ0v) is 17.0. The number of allylic oxidation sites excluding steroid dienone is 1. The van der Waals surface area contributed by atoms with Crippen LogP contribution < -0.4 is 0 Å². The Balaban J connectivity index is 1.42. The van der Waals surface area contributed by atoms with Crippen LogP contribution in [0.2, 0.25) is 5.02 Å². The molecular weight excluding hydrogens is 370 g/mol. The molecule has 28 heavy (non-hydrogen) atoms. The molecule has 2 aromatic rings. The van der Waals surface area contributed by atoms with E-state index >= 15 is 0 Å². The number of fused-ring (bicyclic) bond motifs is 3. The van der Waals surface area contributed by atoms with Crippen LogP contribution in [0.25, 0.3) is 5.69 Å². The third-order valence-corrected chi connectivity index (χ3v) is 6.73. The fourth-order valence-corrected chi connectivity index (χ4v) is 5.25. The van der Waals surface area contributed by atoms with Crippen LogP contribution in [0.5, 0.6) is 0 Å². The number of nitrogens with zero attached hydrogens (tertiary/aromatic N) is 5. The first-order chi connectivity index (χ1) is 13.7. The zero-order chi connectivity index (χ0) is 19.1. The van der Waals surface area contributed by atoms with Gasteiger partial charge in [0.1, 0.15) is 5.82 Å². The molecule has 0 bridgehead atoms. The Bertz CT molecular complexity index is 923. The molecule has 5 rings (SSSR count). The Morgan fingerprint density at radius 2 is 1.93 bits per heavy atom. The maximum absolute atomic E-state index is 6.28. The molecule has 2 aliphatic heterocycles. The van der Waals surface area contributed by atoms with Crippen LogP contribution in [0, 0.1) is 11.8 Å². The second kappa shape index (κ2) is 7.45. The van der Waals surface area contributed by atoms with Gasteiger partial charge in [-0.3, -0.25) is 14.5 Å². The van der Waals surface area contributed by atoms with Gasteiger partial charge in [-0.1, -0.05) is 17.7 Å². The molecule has 3 heterocycles. The summed E-state index contributed by atoms with van der Waals surface area (Å²) in [6.45, 7) is 2.63. The first-order valence-electron chi connectivity index (χ1n) is 10.3. The Labute approximate surface area is 171 Å². The maximum atomic E-state index is 6.28. The van der Waals surface area contributed by atoms with Crippen molar-refractivity contribution >= 4 is 17.8 Å². The number of halogens is 1. The van der Waals surface area contributed by atoms with Crippen LogP contribution in [-0.4, -0.2) is 39.5 Å². The van der Waals surface area contributed by atoms with E-state index < -0.39 is 0 Å². The van der Waals surface area contributed by atoms with Gasteiger partial charge < -0.3 is 0 Å². The standard InChI is InChI=1S/C22H26ClN5/c1-27-13-18-11-19(23)8-9-20(18)28-21(14-27)25-26-22(28)16-6-4-15(5-7-16)17-3-2-10-24-12-17/h2-3,8-11,15-17H,4-7,12-14H2,1H3/t15-,16-,17?. The van der Waals surface area contributed by atoms with Gasteiger partial charge in [-0.2, -0.15) is 0 Å². The average Bonchev–Trinajstić information content (AvgIpc) is 3.06. The van der Waals surface area contributed by atoms with Crippen molar-refractivity contribution in [3.8, 4) is 5.69 Å². The van der Waals surface area contributed by atoms with Crippen molar-refractivity contribution in [2.24, 2.45) is 16.8 Å². The fraction of sp³-hybridized carbons (Fsp3) is 0.500. The van der Waals surface area contributed by atoms with Crippen LogP contribution in [0.4, 0.5) is 0 Å². The molecule has 3 aliphatic rings. The first kappa shape index (κ1) is 18.1. The molecule has 0 spiro atoms. The Morgan fingerprint density at radius 3 is 2.71 bits per heavy atom. The zero-order valence-electron chi connectivity index (χ0n) is 16.3. The van der Waals surface area contributed by atoms with Crippen LogP contribution in [0.1, 0.15) is 48.8 Å². The Kier molecular flexibility index (Phi) is 4.81. The number of rotatable bonds is 2. The summed E-state index contributed by atoms with van der Waals surface area (Å²) in [6.07, 6.45) is 11.2. The molecular formula is C22H26ClN5. The summed E-state index contributed by atoms with van der Waals surface area (Å²) in [4.78, 5) is 6.73. The molecule has 1 aromatic carbocycles. The molecule has 146 valence electrons. The Hall–Kier alpha value is -1.98. The molecule has 1 saturated carbocycles. The first-order valence-corrected chi connectivity index (χ1v) is 10.6. The largest absolute Gasteiger partial charge is 0.295 e. The number of hydrogen-bond acceptors (Lipinski definition) is 4. The van der Waals surface area contributed by atoms with E-state index in [1.54, 1.807) is 0 Å². The quantitative estimate of drug-likeness (QED) is 0.757. The molecule has 1 atom stereocenters. The lowest BCUT2D eigenvalue weighted by atomic mass is 9.75. The van der Waals surface area contributed by atoms with Crippen molar-refractivity contribution < 1.29 is 0 Å². The smallest absolute Gasteiger partial charge is 0.151 e. The monoisotopic (exact) mass is 395 g/mol. The second-order valence-electron chi connectivity index (χ2n) is 8.43. The summed E-state index contributed by atoms with van der Waals surface area (Å²) in [5, 5.41) is 10.0. The molecule has 6 heteroatoms. The lowest BCUT2D eigenvalue weighted by Crippen LogP contribution is -2.24. The van der Waals surface area contributed by atoms with Crippen molar-refractivity contribution in [3.05, 3.63) is 52.6 Å². The molecule has 5 nitrogen and oxygen atoms in total. The number of dihydropyridines is 1. The van der Waals surface area contributed by atoms with Crippen molar-refractivity contribution in [1.82, 2.24) is 19.7 Å². The molecule has 1 unspecified atom stereocenters. The molecule has 0 saturated heterocycles. The van der Waals surface area contributed by atoms with Crippen LogP contribution in [-0.2, 0) is 13.1 Å². The van der Waals surface area contributed by atoms with Crippen LogP contribution in [0.15, 0.2) is 35.3 Å². The summed E-state index contributed by atoms with van der Waals surface area (Å²) in [5.41, 5.74) is 2.43. The molecule has 1 aromatic heterocycles. The van der Waals surface area contributed by atoms with Gasteiger partial charge in [-0.05, 0) is 74.4 Å². The highest BCUT2D eigenvalue weighted by Crippen LogP contribution is 2.40. The van der Waals surface area contributed by atoms with E-state index in [9.17, 15) is 0 Å². The van der Waals surface area contributed by atoms with E-state index in [4.69, 9.17) is 11.6 Å². The highest BCUT2D eigenvalue weighted by Gasteiger charge is 2.32. The molecule has 1 aliphatic carbocycles. The van der Waals surface area contributed by atoms with E-state index in [-0.39, 0.29) is 0 Å². The topological polar surface area (TPSA) is 46.3 Å². The van der Waals surface area contributed by atoms with Crippen molar-refractivity contribution in [2.45, 2.75) is 44.7 Å². The molecule has 0 radical (unpaired) electrons. The van der Waals surface area contributed by atoms with Gasteiger partial charge in [0.05, 0.1) is 12.2 Å². The minimum absolute atomic E-state index is 0.473. The average molecular weight is 396 g/mol. The Morgan fingerprint density at radius 1 is 1.07 bits per heavy atom. The minimum Gasteiger partial charge on any atom is -0.295 e. The lowest BCUT2D eigenvalue weighted by Gasteiger charge is -2.32. The molecule has 1 fully saturated rings. The van der Waals surface area contributed by atoms with Crippen LogP contribution >= 0.6 is 11.6 Å². The number of aliphatic imine (C=N–C) groups is 1. The summed E-state index contributed by atoms with van der Waals surface area (Å²) in [6, 6.07) is 6.19. The number of benzene rings is 1. The van der Waals surface area contributed by atoms with E-state index in [0.29, 0.717) is 11.8 Å². The van der Waals surface area contributed by atoms with Gasteiger partial charge in [0.25, 0.3) is 0 Å². The summed E-state index contributed by atoms with van der Waals surface area (Å²) < 4.78 is 2.31. The number of aromatic nitrogens is 3. The summed E-state index contributed by atoms with van der Waals surface area (Å²) in [5.74, 6) is 3.99. The van der Waals surface area contributed by atoms with Crippen molar-refractivity contribution in [1.29, 1.82) is 0 Å². The van der Waals surface area contributed by atoms with Gasteiger partial charge in [-0.15, -0.1) is 10.2 Å². The summed E-state index contributed by atoms with van der Waals surface area (Å²) in [7, 11) is 2.13. The van der Waals surface area contributed by atoms with Gasteiger partial charge in [0.2, 0.25) is 0 Å². The predicted molar refractivity (Wildman–Crippen MR) is 112 cm³/mol. The third kappa shape index (κ3) is 3.31. The van der Waals surface area contributed by atoms with Gasteiger partial charge in [0, 0.05) is 30.2 Å². The van der Waals surface area contributed by atoms with Crippen molar-refractivity contribution in [2.75, 3.05) is 13.6 Å². The van der Waals surface area contributed by atoms with E-state index in [2.05, 4.69) is 56.0 Å². The van der Waals surface area contributed by atoms with E-state index in [1.807, 2.05) is 12.3 Å². The maximum Gasteiger partial charge on any atom is 0.151 e. The normalized spacial score (nSPS) is 27.3. The van der Waals surface area contributed by atoms with Gasteiger partial charge in [-0.25, -0.2) is 0 Å². The number of hydrogen-bond donors (Lipinski definition) is 0. The molecule has 0 amide bonds. The molecule has 0 N–H and O–H groups in total. The SMILES string of the molecule is CN1Cc2cc(Cl)ccc2-n2c(nnc2[C@H]2CC[C@H](C3C=CC=NC3)CC2)C1. The van der Waals surface area contributed by atoms with E-state index in [1.165, 1.54) is 36.9 Å². The second-order valence-corrected chi connectivity index (χ2v) is 8.87. The minimum atomic E-state index is 0.473. The highest BCUT2D eigenvalue weighted by molar-refractivity contribution is 6.30. The van der Waals surface area contributed by atoms with Crippen LogP contribution in [0.3, 0.4) is 0 Å². The van der Waals surface area contributed by atoms with Gasteiger partial charge >= 0.3 is 0 Å². The van der Waals surface area contributed by atoms with E-state index in [0.717, 1.165) is 42.2 Å². The highest BCUT2D eigenvalue weighted by atomic mass is 35.5. The lowest BCUT2D eigenvalue weighted by molar-refractivity contribution is 0.263. The summed E-state index contributed by atoms with van der Waals surface area (Å²) >= 11 is 6.28. The van der Waals surface area contributed by atoms with Crippen molar-refractivity contribution in [3.63, 3.8) is 0 Å². The predicted octanol–water partition coefficient (Wildman–Crippen LogP) is 4.40. The van der Waals surface area contributed by atoms with Gasteiger partial charge in [0.15, 0.2) is 5.82 Å². The fourth-order valence-electron chi connectivity index (χ4n) is 5.06.